The molecule has 0 amide bonds. The molecule has 1 heterocycles. The SMILES string of the molecule is CCC1CCN(Cc2ccc(N)cc2Br)C1. The Balaban J connectivity index is 1.99. The van der Waals surface area contributed by atoms with Gasteiger partial charge in [0.25, 0.3) is 0 Å². The van der Waals surface area contributed by atoms with Crippen LogP contribution in [0.1, 0.15) is 25.3 Å². The van der Waals surface area contributed by atoms with Gasteiger partial charge in [0, 0.05) is 23.2 Å². The van der Waals surface area contributed by atoms with Crippen molar-refractivity contribution >= 4 is 21.6 Å². The van der Waals surface area contributed by atoms with Crippen LogP contribution in [0.3, 0.4) is 0 Å². The predicted molar refractivity (Wildman–Crippen MR) is 72.2 cm³/mol. The third-order valence-electron chi connectivity index (χ3n) is 3.42. The Kier molecular flexibility index (Phi) is 3.87. The summed E-state index contributed by atoms with van der Waals surface area (Å²) in [6.45, 7) is 5.80. The summed E-state index contributed by atoms with van der Waals surface area (Å²) in [5.74, 6) is 0.896. The lowest BCUT2D eigenvalue weighted by Gasteiger charge is -2.16. The number of nitrogen functional groups attached to an aromatic ring is 1. The van der Waals surface area contributed by atoms with Crippen LogP contribution >= 0.6 is 15.9 Å². The highest BCUT2D eigenvalue weighted by Gasteiger charge is 2.21. The fourth-order valence-electron chi connectivity index (χ4n) is 2.32. The van der Waals surface area contributed by atoms with E-state index in [-0.39, 0.29) is 0 Å². The van der Waals surface area contributed by atoms with Crippen molar-refractivity contribution in [2.75, 3.05) is 18.8 Å². The molecule has 2 N–H and O–H groups in total. The summed E-state index contributed by atoms with van der Waals surface area (Å²) in [6, 6.07) is 6.09. The van der Waals surface area contributed by atoms with Crippen LogP contribution in [0.15, 0.2) is 22.7 Å². The maximum atomic E-state index is 5.74. The molecule has 1 fully saturated rings. The number of hydrogen-bond donors (Lipinski definition) is 1. The Bertz CT molecular complexity index is 365. The van der Waals surface area contributed by atoms with Crippen LogP contribution in [0.2, 0.25) is 0 Å². The Morgan fingerprint density at radius 2 is 2.31 bits per heavy atom. The summed E-state index contributed by atoms with van der Waals surface area (Å²) in [4.78, 5) is 2.53. The molecule has 0 radical (unpaired) electrons. The van der Waals surface area contributed by atoms with Crippen molar-refractivity contribution in [2.45, 2.75) is 26.3 Å². The highest BCUT2D eigenvalue weighted by atomic mass is 79.9. The van der Waals surface area contributed by atoms with E-state index in [4.69, 9.17) is 5.73 Å². The van der Waals surface area contributed by atoms with Crippen LogP contribution in [0.5, 0.6) is 0 Å². The molecule has 2 rings (SSSR count). The first-order valence-corrected chi connectivity index (χ1v) is 6.74. The average molecular weight is 283 g/mol. The maximum absolute atomic E-state index is 5.74. The summed E-state index contributed by atoms with van der Waals surface area (Å²) >= 11 is 3.58. The molecule has 0 aliphatic carbocycles. The second-order valence-electron chi connectivity index (χ2n) is 4.65. The lowest BCUT2D eigenvalue weighted by Crippen LogP contribution is -2.20. The van der Waals surface area contributed by atoms with Crippen LogP contribution in [-0.4, -0.2) is 18.0 Å². The molecule has 3 heteroatoms. The molecule has 1 saturated heterocycles. The van der Waals surface area contributed by atoms with E-state index in [1.54, 1.807) is 0 Å². The standard InChI is InChI=1S/C13H19BrN2/c1-2-10-5-6-16(8-10)9-11-3-4-12(15)7-13(11)14/h3-4,7,10H,2,5-6,8-9,15H2,1H3. The van der Waals surface area contributed by atoms with Crippen molar-refractivity contribution in [3.63, 3.8) is 0 Å². The first kappa shape index (κ1) is 11.9. The average Bonchev–Trinajstić information content (AvgIpc) is 2.70. The number of hydrogen-bond acceptors (Lipinski definition) is 2. The van der Waals surface area contributed by atoms with E-state index in [1.165, 1.54) is 31.5 Å². The van der Waals surface area contributed by atoms with Gasteiger partial charge in [-0.15, -0.1) is 0 Å². The Hall–Kier alpha value is -0.540. The number of rotatable bonds is 3. The fraction of sp³-hybridized carbons (Fsp3) is 0.538. The van der Waals surface area contributed by atoms with Crippen molar-refractivity contribution in [1.29, 1.82) is 0 Å². The van der Waals surface area contributed by atoms with Crippen LogP contribution in [0, 0.1) is 5.92 Å². The molecule has 1 aromatic rings. The summed E-state index contributed by atoms with van der Waals surface area (Å²) in [5, 5.41) is 0. The van der Waals surface area contributed by atoms with Crippen molar-refractivity contribution in [3.8, 4) is 0 Å². The van der Waals surface area contributed by atoms with Crippen molar-refractivity contribution < 1.29 is 0 Å². The predicted octanol–water partition coefficient (Wildman–Crippen LogP) is 3.26. The van der Waals surface area contributed by atoms with E-state index in [9.17, 15) is 0 Å². The van der Waals surface area contributed by atoms with Gasteiger partial charge in [0.2, 0.25) is 0 Å². The zero-order chi connectivity index (χ0) is 11.5. The monoisotopic (exact) mass is 282 g/mol. The molecular weight excluding hydrogens is 264 g/mol. The van der Waals surface area contributed by atoms with Crippen molar-refractivity contribution in [3.05, 3.63) is 28.2 Å². The number of anilines is 1. The lowest BCUT2D eigenvalue weighted by atomic mass is 10.1. The van der Waals surface area contributed by atoms with Gasteiger partial charge in [-0.1, -0.05) is 35.3 Å². The van der Waals surface area contributed by atoms with Gasteiger partial charge in [0.1, 0.15) is 0 Å². The largest absolute Gasteiger partial charge is 0.399 e. The zero-order valence-electron chi connectivity index (χ0n) is 9.75. The Morgan fingerprint density at radius 1 is 1.50 bits per heavy atom. The van der Waals surface area contributed by atoms with Crippen LogP contribution in [0.25, 0.3) is 0 Å². The van der Waals surface area contributed by atoms with Gasteiger partial charge in [-0.25, -0.2) is 0 Å². The number of likely N-dealkylation sites (tertiary alicyclic amines) is 1. The van der Waals surface area contributed by atoms with Gasteiger partial charge in [-0.3, -0.25) is 4.90 Å². The quantitative estimate of drug-likeness (QED) is 0.863. The molecule has 0 saturated carbocycles. The second-order valence-corrected chi connectivity index (χ2v) is 5.50. The van der Waals surface area contributed by atoms with Gasteiger partial charge >= 0.3 is 0 Å². The number of halogens is 1. The molecule has 88 valence electrons. The van der Waals surface area contributed by atoms with E-state index in [0.717, 1.165) is 22.6 Å². The summed E-state index contributed by atoms with van der Waals surface area (Å²) in [7, 11) is 0. The lowest BCUT2D eigenvalue weighted by molar-refractivity contribution is 0.314. The summed E-state index contributed by atoms with van der Waals surface area (Å²) in [5.41, 5.74) is 7.90. The van der Waals surface area contributed by atoms with Crippen molar-refractivity contribution in [1.82, 2.24) is 4.90 Å². The minimum absolute atomic E-state index is 0.823. The van der Waals surface area contributed by atoms with Gasteiger partial charge in [0.05, 0.1) is 0 Å². The third-order valence-corrected chi connectivity index (χ3v) is 4.16. The van der Waals surface area contributed by atoms with E-state index in [1.807, 2.05) is 12.1 Å². The minimum atomic E-state index is 0.823. The molecule has 0 bridgehead atoms. The molecule has 1 atom stereocenters. The first-order valence-electron chi connectivity index (χ1n) is 5.95. The van der Waals surface area contributed by atoms with Gasteiger partial charge < -0.3 is 5.73 Å². The summed E-state index contributed by atoms with van der Waals surface area (Å²) < 4.78 is 1.13. The number of benzene rings is 1. The molecule has 2 nitrogen and oxygen atoms in total. The normalized spacial score (nSPS) is 21.5. The van der Waals surface area contributed by atoms with Gasteiger partial charge in [0.15, 0.2) is 0 Å². The molecule has 1 aliphatic rings. The minimum Gasteiger partial charge on any atom is -0.399 e. The molecule has 1 aliphatic heterocycles. The number of nitrogens with zero attached hydrogens (tertiary/aromatic N) is 1. The molecule has 1 aromatic carbocycles. The third kappa shape index (κ3) is 2.77. The Morgan fingerprint density at radius 3 is 2.94 bits per heavy atom. The van der Waals surface area contributed by atoms with Gasteiger partial charge in [-0.05, 0) is 36.6 Å². The zero-order valence-corrected chi connectivity index (χ0v) is 11.3. The van der Waals surface area contributed by atoms with Crippen LogP contribution in [0.4, 0.5) is 5.69 Å². The number of nitrogens with two attached hydrogens (primary N) is 1. The second kappa shape index (κ2) is 5.19. The fourth-order valence-corrected chi connectivity index (χ4v) is 2.84. The first-order chi connectivity index (χ1) is 7.69. The molecule has 16 heavy (non-hydrogen) atoms. The van der Waals surface area contributed by atoms with Crippen LogP contribution < -0.4 is 5.73 Å². The van der Waals surface area contributed by atoms with Gasteiger partial charge in [-0.2, -0.15) is 0 Å². The van der Waals surface area contributed by atoms with Crippen molar-refractivity contribution in [2.24, 2.45) is 5.92 Å². The summed E-state index contributed by atoms with van der Waals surface area (Å²) in [6.07, 6.45) is 2.66. The maximum Gasteiger partial charge on any atom is 0.0325 e. The van der Waals surface area contributed by atoms with Crippen LogP contribution in [-0.2, 0) is 6.54 Å². The topological polar surface area (TPSA) is 29.3 Å². The highest BCUT2D eigenvalue weighted by Crippen LogP contribution is 2.25. The smallest absolute Gasteiger partial charge is 0.0325 e. The van der Waals surface area contributed by atoms with E-state index in [2.05, 4.69) is 33.8 Å². The van der Waals surface area contributed by atoms with E-state index >= 15 is 0 Å². The highest BCUT2D eigenvalue weighted by molar-refractivity contribution is 9.10. The van der Waals surface area contributed by atoms with E-state index in [0.29, 0.717) is 0 Å². The molecule has 0 spiro atoms. The molecule has 1 unspecified atom stereocenters. The molecule has 0 aromatic heterocycles. The Labute approximate surface area is 106 Å². The molecular formula is C13H19BrN2. The van der Waals surface area contributed by atoms with E-state index < -0.39 is 0 Å².